The van der Waals surface area contributed by atoms with Gasteiger partial charge in [-0.3, -0.25) is 4.79 Å². The van der Waals surface area contributed by atoms with Gasteiger partial charge in [0.25, 0.3) is 5.91 Å². The smallest absolute Gasteiger partial charge is 0.416 e. The molecule has 1 aromatic heterocycles. The van der Waals surface area contributed by atoms with Crippen LogP contribution in [0.2, 0.25) is 0 Å². The number of thiophene rings is 1. The summed E-state index contributed by atoms with van der Waals surface area (Å²) >= 11 is 2.88. The highest BCUT2D eigenvalue weighted by Crippen LogP contribution is 2.39. The first-order chi connectivity index (χ1) is 20.3. The molecule has 0 aliphatic carbocycles. The van der Waals surface area contributed by atoms with Crippen molar-refractivity contribution in [2.24, 2.45) is 4.99 Å². The Kier molecular flexibility index (Phi) is 8.48. The number of ether oxygens (including phenoxy) is 2. The van der Waals surface area contributed by atoms with E-state index in [-0.39, 0.29) is 17.6 Å². The molecule has 4 aromatic rings. The van der Waals surface area contributed by atoms with Crippen LogP contribution >= 0.6 is 23.1 Å². The molecule has 0 bridgehead atoms. The third kappa shape index (κ3) is 6.99. The van der Waals surface area contributed by atoms with Crippen LogP contribution in [0.3, 0.4) is 0 Å². The van der Waals surface area contributed by atoms with E-state index in [0.717, 1.165) is 16.3 Å². The summed E-state index contributed by atoms with van der Waals surface area (Å²) in [4.78, 5) is 20.2. The number of rotatable bonds is 7. The van der Waals surface area contributed by atoms with Gasteiger partial charge < -0.3 is 14.4 Å². The zero-order chi connectivity index (χ0) is 30.9. The Hall–Kier alpha value is -3.97. The number of benzene rings is 3. The third-order valence-electron chi connectivity index (χ3n) is 6.42. The topological polar surface area (TPSA) is 51.1 Å². The number of carbonyl (C=O) groups is 1. The monoisotopic (exact) mass is 636 g/mol. The van der Waals surface area contributed by atoms with Crippen molar-refractivity contribution in [1.82, 2.24) is 4.90 Å². The Morgan fingerprint density at radius 1 is 0.930 bits per heavy atom. The fraction of sp³-hybridized carbons (Fsp3) is 0.200. The van der Waals surface area contributed by atoms with Gasteiger partial charge >= 0.3 is 12.4 Å². The van der Waals surface area contributed by atoms with Gasteiger partial charge in [-0.2, -0.15) is 31.3 Å². The molecule has 5 nitrogen and oxygen atoms in total. The van der Waals surface area contributed by atoms with Gasteiger partial charge in [0, 0.05) is 22.2 Å². The molecule has 5 rings (SSSR count). The maximum Gasteiger partial charge on any atom is 0.416 e. The number of fused-ring (bicyclic) bond motifs is 1. The van der Waals surface area contributed by atoms with Gasteiger partial charge in [0.1, 0.15) is 6.61 Å². The van der Waals surface area contributed by atoms with E-state index in [2.05, 4.69) is 17.1 Å². The molecular formula is C30H22F6N2O3S2. The van der Waals surface area contributed by atoms with Gasteiger partial charge in [0.2, 0.25) is 0 Å². The molecule has 0 N–H and O–H groups in total. The Morgan fingerprint density at radius 3 is 2.40 bits per heavy atom. The van der Waals surface area contributed by atoms with Crippen LogP contribution in [-0.2, 0) is 30.3 Å². The van der Waals surface area contributed by atoms with Crippen molar-refractivity contribution in [3.63, 3.8) is 0 Å². The summed E-state index contributed by atoms with van der Waals surface area (Å²) in [7, 11) is 3.18. The van der Waals surface area contributed by atoms with Gasteiger partial charge in [0.05, 0.1) is 29.7 Å². The number of thioether (sulfide) groups is 1. The molecule has 0 spiro atoms. The molecule has 13 heteroatoms. The standard InChI is InChI=1S/C30H22F6N2O3S2/c1-38(15-21-13-18-5-3-4-6-25(18)42-21)28-37-27(39)26(43-28)12-17-7-10-23(24(11-17)40-2)41-16-19-8-9-20(29(31,32)33)14-22(19)30(34,35)36/h3-14H,15-16H2,1-2H3/b26-12-. The average Bonchev–Trinajstić information content (AvgIpc) is 3.53. The molecule has 2 heterocycles. The number of amides is 1. The normalized spacial score (nSPS) is 14.8. The predicted octanol–water partition coefficient (Wildman–Crippen LogP) is 8.63. The zero-order valence-electron chi connectivity index (χ0n) is 22.5. The van der Waals surface area contributed by atoms with Crippen molar-refractivity contribution in [2.45, 2.75) is 25.5 Å². The molecule has 1 aliphatic heterocycles. The summed E-state index contributed by atoms with van der Waals surface area (Å²) in [6.45, 7) is -0.0813. The van der Waals surface area contributed by atoms with E-state index < -0.39 is 41.6 Å². The summed E-state index contributed by atoms with van der Waals surface area (Å²) in [5, 5.41) is 1.69. The average molecular weight is 637 g/mol. The molecular weight excluding hydrogens is 614 g/mol. The second-order valence-electron chi connectivity index (χ2n) is 9.48. The van der Waals surface area contributed by atoms with Gasteiger partial charge in [-0.1, -0.05) is 30.3 Å². The molecule has 0 atom stereocenters. The van der Waals surface area contributed by atoms with E-state index in [9.17, 15) is 31.1 Å². The lowest BCUT2D eigenvalue weighted by Gasteiger charge is -2.17. The molecule has 1 aliphatic rings. The van der Waals surface area contributed by atoms with Gasteiger partial charge in [-0.15, -0.1) is 11.3 Å². The minimum absolute atomic E-state index is 0.0672. The minimum Gasteiger partial charge on any atom is -0.493 e. The number of methoxy groups -OCH3 is 1. The number of aliphatic imine (C=N–C) groups is 1. The molecule has 0 saturated heterocycles. The molecule has 0 radical (unpaired) electrons. The summed E-state index contributed by atoms with van der Waals surface area (Å²) in [6, 6.07) is 16.1. The van der Waals surface area contributed by atoms with Crippen LogP contribution in [0.15, 0.2) is 76.6 Å². The second-order valence-corrected chi connectivity index (χ2v) is 11.7. The number of amidine groups is 1. The highest BCUT2D eigenvalue weighted by Gasteiger charge is 2.38. The highest BCUT2D eigenvalue weighted by molar-refractivity contribution is 8.18. The highest BCUT2D eigenvalue weighted by atomic mass is 32.2. The zero-order valence-corrected chi connectivity index (χ0v) is 24.2. The van der Waals surface area contributed by atoms with Crippen molar-refractivity contribution in [3.05, 3.63) is 98.8 Å². The maximum absolute atomic E-state index is 13.5. The lowest BCUT2D eigenvalue weighted by molar-refractivity contribution is -0.143. The maximum atomic E-state index is 13.5. The quantitative estimate of drug-likeness (QED) is 0.150. The molecule has 224 valence electrons. The van der Waals surface area contributed by atoms with Crippen molar-refractivity contribution >= 4 is 50.3 Å². The Bertz CT molecular complexity index is 1710. The molecule has 0 fully saturated rings. The van der Waals surface area contributed by atoms with E-state index in [1.54, 1.807) is 23.5 Å². The van der Waals surface area contributed by atoms with Crippen LogP contribution < -0.4 is 9.47 Å². The molecule has 1 amide bonds. The van der Waals surface area contributed by atoms with Crippen LogP contribution in [0.4, 0.5) is 26.3 Å². The van der Waals surface area contributed by atoms with Crippen molar-refractivity contribution in [2.75, 3.05) is 14.2 Å². The van der Waals surface area contributed by atoms with E-state index in [1.165, 1.54) is 35.7 Å². The van der Waals surface area contributed by atoms with E-state index in [1.807, 2.05) is 30.1 Å². The molecule has 3 aromatic carbocycles. The van der Waals surface area contributed by atoms with E-state index in [0.29, 0.717) is 28.2 Å². The Labute approximate surface area is 250 Å². The van der Waals surface area contributed by atoms with E-state index >= 15 is 0 Å². The number of hydrogen-bond donors (Lipinski definition) is 0. The summed E-state index contributed by atoms with van der Waals surface area (Å²) in [6.07, 6.45) is -8.33. The van der Waals surface area contributed by atoms with Gasteiger partial charge in [0.15, 0.2) is 16.7 Å². The van der Waals surface area contributed by atoms with Gasteiger partial charge in [-0.05, 0) is 65.2 Å². The molecule has 0 saturated carbocycles. The number of nitrogens with zero attached hydrogens (tertiary/aromatic N) is 2. The van der Waals surface area contributed by atoms with Crippen LogP contribution in [0.5, 0.6) is 11.5 Å². The SMILES string of the molecule is COc1cc(/C=C2\SC(N(C)Cc3cc4ccccc4s3)=NC2=O)ccc1OCc1ccc(C(F)(F)F)cc1C(F)(F)F. The number of carbonyl (C=O) groups excluding carboxylic acids is 1. The second kappa shape index (κ2) is 12.0. The van der Waals surface area contributed by atoms with E-state index in [4.69, 9.17) is 9.47 Å². The predicted molar refractivity (Wildman–Crippen MR) is 155 cm³/mol. The van der Waals surface area contributed by atoms with Crippen LogP contribution in [0.1, 0.15) is 27.1 Å². The number of hydrogen-bond acceptors (Lipinski definition) is 6. The lowest BCUT2D eigenvalue weighted by Crippen LogP contribution is -2.21. The van der Waals surface area contributed by atoms with Crippen LogP contribution in [0, 0.1) is 0 Å². The minimum atomic E-state index is -5.02. The molecule has 43 heavy (non-hydrogen) atoms. The number of halogens is 6. The largest absolute Gasteiger partial charge is 0.493 e. The van der Waals surface area contributed by atoms with Crippen LogP contribution in [0.25, 0.3) is 16.2 Å². The first kappa shape index (κ1) is 30.5. The summed E-state index contributed by atoms with van der Waals surface area (Å²) in [5.41, 5.74) is -2.76. The van der Waals surface area contributed by atoms with Crippen LogP contribution in [-0.4, -0.2) is 30.1 Å². The summed E-state index contributed by atoms with van der Waals surface area (Å²) < 4.78 is 91.5. The fourth-order valence-corrected chi connectivity index (χ4v) is 6.31. The van der Waals surface area contributed by atoms with Crippen molar-refractivity contribution in [3.8, 4) is 11.5 Å². The van der Waals surface area contributed by atoms with Crippen molar-refractivity contribution in [1.29, 1.82) is 0 Å². The fourth-order valence-electron chi connectivity index (χ4n) is 4.32. The number of alkyl halides is 6. The van der Waals surface area contributed by atoms with Gasteiger partial charge in [-0.25, -0.2) is 0 Å². The first-order valence-electron chi connectivity index (χ1n) is 12.6. The first-order valence-corrected chi connectivity index (χ1v) is 14.2. The van der Waals surface area contributed by atoms with Crippen molar-refractivity contribution < 1.29 is 40.6 Å². The lowest BCUT2D eigenvalue weighted by atomic mass is 10.0. The third-order valence-corrected chi connectivity index (χ3v) is 8.62. The Morgan fingerprint density at radius 2 is 1.70 bits per heavy atom. The summed E-state index contributed by atoms with van der Waals surface area (Å²) in [5.74, 6) is -0.180. The Balaban J connectivity index is 1.28. The molecule has 0 unspecified atom stereocenters.